The standard InChI is InChI=1S/C19H20N4O3S/c1-3-21-19(24)23-18-10-15-8-14(7-12(2)17(15)11-22-18)13-5-4-6-16(9-13)27(20,25)26/h4-11H,3H2,1-2H3,(H2,20,25,26)(H2,21,22,23,24). The van der Waals surface area contributed by atoms with Gasteiger partial charge in [0, 0.05) is 18.1 Å². The quantitative estimate of drug-likeness (QED) is 0.641. The van der Waals surface area contributed by atoms with Crippen molar-refractivity contribution in [2.75, 3.05) is 11.9 Å². The Bertz CT molecular complexity index is 1130. The lowest BCUT2D eigenvalue weighted by Crippen LogP contribution is -2.28. The van der Waals surface area contributed by atoms with Crippen LogP contribution in [-0.2, 0) is 10.0 Å². The Hall–Kier alpha value is -2.97. The number of pyridine rings is 1. The fourth-order valence-corrected chi connectivity index (χ4v) is 3.41. The van der Waals surface area contributed by atoms with Crippen molar-refractivity contribution in [3.05, 3.63) is 54.2 Å². The molecule has 0 fully saturated rings. The number of anilines is 1. The van der Waals surface area contributed by atoms with Crippen molar-refractivity contribution in [2.24, 2.45) is 5.14 Å². The Morgan fingerprint density at radius 2 is 1.93 bits per heavy atom. The van der Waals surface area contributed by atoms with Gasteiger partial charge in [-0.2, -0.15) is 0 Å². The lowest BCUT2D eigenvalue weighted by atomic mass is 9.98. The molecule has 0 aliphatic heterocycles. The Morgan fingerprint density at radius 1 is 1.15 bits per heavy atom. The molecule has 0 spiro atoms. The first-order chi connectivity index (χ1) is 12.8. The molecule has 0 unspecified atom stereocenters. The molecule has 1 heterocycles. The second kappa shape index (κ2) is 7.34. The number of nitrogens with zero attached hydrogens (tertiary/aromatic N) is 1. The van der Waals surface area contributed by atoms with E-state index in [9.17, 15) is 13.2 Å². The molecular weight excluding hydrogens is 364 g/mol. The van der Waals surface area contributed by atoms with E-state index >= 15 is 0 Å². The van der Waals surface area contributed by atoms with E-state index in [1.165, 1.54) is 6.07 Å². The van der Waals surface area contributed by atoms with Crippen LogP contribution >= 0.6 is 0 Å². The van der Waals surface area contributed by atoms with Gasteiger partial charge in [-0.3, -0.25) is 5.32 Å². The van der Waals surface area contributed by atoms with E-state index < -0.39 is 10.0 Å². The van der Waals surface area contributed by atoms with E-state index in [0.29, 0.717) is 12.4 Å². The number of sulfonamides is 1. The van der Waals surface area contributed by atoms with Crippen LogP contribution in [0.5, 0.6) is 0 Å². The first-order valence-electron chi connectivity index (χ1n) is 8.36. The lowest BCUT2D eigenvalue weighted by molar-refractivity contribution is 0.252. The minimum absolute atomic E-state index is 0.0612. The predicted molar refractivity (Wildman–Crippen MR) is 106 cm³/mol. The maximum absolute atomic E-state index is 11.7. The van der Waals surface area contributed by atoms with E-state index in [2.05, 4.69) is 15.6 Å². The molecule has 27 heavy (non-hydrogen) atoms. The highest BCUT2D eigenvalue weighted by Crippen LogP contribution is 2.29. The normalized spacial score (nSPS) is 11.4. The highest BCUT2D eigenvalue weighted by atomic mass is 32.2. The summed E-state index contributed by atoms with van der Waals surface area (Å²) in [5, 5.41) is 12.4. The topological polar surface area (TPSA) is 114 Å². The van der Waals surface area contributed by atoms with Crippen LogP contribution in [0, 0.1) is 6.92 Å². The number of fused-ring (bicyclic) bond motifs is 1. The van der Waals surface area contributed by atoms with Crippen molar-refractivity contribution in [3.63, 3.8) is 0 Å². The molecule has 0 bridgehead atoms. The Balaban J connectivity index is 2.06. The molecule has 3 aromatic rings. The number of nitrogens with two attached hydrogens (primary N) is 1. The molecule has 7 nitrogen and oxygen atoms in total. The second-order valence-corrected chi connectivity index (χ2v) is 7.70. The van der Waals surface area contributed by atoms with Crippen LogP contribution in [0.15, 0.2) is 53.6 Å². The number of aryl methyl sites for hydroxylation is 1. The van der Waals surface area contributed by atoms with E-state index in [1.54, 1.807) is 24.4 Å². The molecule has 0 atom stereocenters. The molecule has 1 aromatic heterocycles. The van der Waals surface area contributed by atoms with Gasteiger partial charge < -0.3 is 5.32 Å². The van der Waals surface area contributed by atoms with Gasteiger partial charge in [0.25, 0.3) is 0 Å². The fraction of sp³-hybridized carbons (Fsp3) is 0.158. The van der Waals surface area contributed by atoms with Gasteiger partial charge in [0.15, 0.2) is 0 Å². The van der Waals surface area contributed by atoms with E-state index in [0.717, 1.165) is 27.5 Å². The van der Waals surface area contributed by atoms with Crippen molar-refractivity contribution < 1.29 is 13.2 Å². The molecule has 0 radical (unpaired) electrons. The lowest BCUT2D eigenvalue weighted by Gasteiger charge is -2.11. The monoisotopic (exact) mass is 384 g/mol. The zero-order valence-corrected chi connectivity index (χ0v) is 15.8. The number of urea groups is 1. The number of benzene rings is 2. The highest BCUT2D eigenvalue weighted by molar-refractivity contribution is 7.89. The largest absolute Gasteiger partial charge is 0.338 e. The molecule has 0 aliphatic carbocycles. The van der Waals surface area contributed by atoms with Crippen molar-refractivity contribution in [2.45, 2.75) is 18.7 Å². The Morgan fingerprint density at radius 3 is 2.63 bits per heavy atom. The van der Waals surface area contributed by atoms with E-state index in [4.69, 9.17) is 5.14 Å². The summed E-state index contributed by atoms with van der Waals surface area (Å²) >= 11 is 0. The second-order valence-electron chi connectivity index (χ2n) is 6.14. The van der Waals surface area contributed by atoms with E-state index in [-0.39, 0.29) is 10.9 Å². The molecule has 140 valence electrons. The van der Waals surface area contributed by atoms with Gasteiger partial charge in [0.1, 0.15) is 5.82 Å². The Kier molecular flexibility index (Phi) is 5.11. The van der Waals surface area contributed by atoms with Gasteiger partial charge in [-0.25, -0.2) is 23.3 Å². The van der Waals surface area contributed by atoms with Gasteiger partial charge in [-0.05, 0) is 60.2 Å². The summed E-state index contributed by atoms with van der Waals surface area (Å²) in [6.07, 6.45) is 1.71. The van der Waals surface area contributed by atoms with Crippen LogP contribution in [0.3, 0.4) is 0 Å². The number of rotatable bonds is 4. The first-order valence-corrected chi connectivity index (χ1v) is 9.91. The summed E-state index contributed by atoms with van der Waals surface area (Å²) < 4.78 is 23.2. The van der Waals surface area contributed by atoms with Crippen LogP contribution in [0.2, 0.25) is 0 Å². The van der Waals surface area contributed by atoms with Crippen LogP contribution in [0.4, 0.5) is 10.6 Å². The number of aromatic nitrogens is 1. The zero-order chi connectivity index (χ0) is 19.6. The van der Waals surface area contributed by atoms with Crippen molar-refractivity contribution in [1.29, 1.82) is 0 Å². The van der Waals surface area contributed by atoms with Gasteiger partial charge in [0.2, 0.25) is 10.0 Å². The molecule has 2 amide bonds. The Labute approximate surface area is 157 Å². The van der Waals surface area contributed by atoms with Crippen LogP contribution in [0.1, 0.15) is 12.5 Å². The molecule has 0 saturated carbocycles. The minimum Gasteiger partial charge on any atom is -0.338 e. The summed E-state index contributed by atoms with van der Waals surface area (Å²) in [5.41, 5.74) is 2.57. The smallest absolute Gasteiger partial charge is 0.320 e. The summed E-state index contributed by atoms with van der Waals surface area (Å²) in [7, 11) is -3.78. The molecule has 8 heteroatoms. The minimum atomic E-state index is -3.78. The third kappa shape index (κ3) is 4.24. The molecule has 0 aliphatic rings. The maximum Gasteiger partial charge on any atom is 0.320 e. The van der Waals surface area contributed by atoms with Crippen molar-refractivity contribution in [1.82, 2.24) is 10.3 Å². The molecular formula is C19H20N4O3S. The fourth-order valence-electron chi connectivity index (χ4n) is 2.85. The number of hydrogen-bond donors (Lipinski definition) is 3. The summed E-state index contributed by atoms with van der Waals surface area (Å²) in [4.78, 5) is 16.0. The van der Waals surface area contributed by atoms with Crippen LogP contribution in [-0.4, -0.2) is 26.0 Å². The van der Waals surface area contributed by atoms with Crippen LogP contribution in [0.25, 0.3) is 21.9 Å². The zero-order valence-electron chi connectivity index (χ0n) is 15.0. The number of hydrogen-bond acceptors (Lipinski definition) is 4. The molecule has 3 rings (SSSR count). The first kappa shape index (κ1) is 18.8. The number of primary sulfonamides is 1. The van der Waals surface area contributed by atoms with Gasteiger partial charge >= 0.3 is 6.03 Å². The van der Waals surface area contributed by atoms with Crippen molar-refractivity contribution >= 4 is 32.6 Å². The third-order valence-electron chi connectivity index (χ3n) is 4.12. The van der Waals surface area contributed by atoms with Gasteiger partial charge in [-0.15, -0.1) is 0 Å². The molecule has 2 aromatic carbocycles. The van der Waals surface area contributed by atoms with Gasteiger partial charge in [-0.1, -0.05) is 18.2 Å². The van der Waals surface area contributed by atoms with Crippen molar-refractivity contribution in [3.8, 4) is 11.1 Å². The average molecular weight is 384 g/mol. The SMILES string of the molecule is CCNC(=O)Nc1cc2cc(-c3cccc(S(N)(=O)=O)c3)cc(C)c2cn1. The predicted octanol–water partition coefficient (Wildman–Crippen LogP) is 3.00. The average Bonchev–Trinajstić information content (AvgIpc) is 2.61. The maximum atomic E-state index is 11.7. The summed E-state index contributed by atoms with van der Waals surface area (Å²) in [6, 6.07) is 11.8. The highest BCUT2D eigenvalue weighted by Gasteiger charge is 2.11. The number of nitrogens with one attached hydrogen (secondary N) is 2. The molecule has 0 saturated heterocycles. The number of amides is 2. The summed E-state index contributed by atoms with van der Waals surface area (Å²) in [6.45, 7) is 4.30. The van der Waals surface area contributed by atoms with E-state index in [1.807, 2.05) is 32.0 Å². The number of carbonyl (C=O) groups excluding carboxylic acids is 1. The van der Waals surface area contributed by atoms with Gasteiger partial charge in [0.05, 0.1) is 4.90 Å². The van der Waals surface area contributed by atoms with Crippen LogP contribution < -0.4 is 15.8 Å². The molecule has 4 N–H and O–H groups in total. The number of carbonyl (C=O) groups is 1. The third-order valence-corrected chi connectivity index (χ3v) is 5.03. The summed E-state index contributed by atoms with van der Waals surface area (Å²) in [5.74, 6) is 0.434.